The van der Waals surface area contributed by atoms with Gasteiger partial charge in [-0.15, -0.1) is 10.2 Å². The molecule has 0 saturated heterocycles. The van der Waals surface area contributed by atoms with Crippen molar-refractivity contribution < 1.29 is 4.74 Å². The third-order valence-electron chi connectivity index (χ3n) is 2.87. The van der Waals surface area contributed by atoms with Crippen molar-refractivity contribution in [1.29, 1.82) is 0 Å². The zero-order chi connectivity index (χ0) is 13.5. The lowest BCUT2D eigenvalue weighted by Gasteiger charge is -2.07. The topological polar surface area (TPSA) is 52.0 Å². The van der Waals surface area contributed by atoms with Crippen LogP contribution in [0.3, 0.4) is 0 Å². The van der Waals surface area contributed by atoms with E-state index < -0.39 is 0 Å². The molecular weight excluding hydrogens is 240 g/mol. The number of rotatable bonds is 7. The first-order valence-corrected chi connectivity index (χ1v) is 6.55. The summed E-state index contributed by atoms with van der Waals surface area (Å²) in [6.45, 7) is 4.40. The van der Waals surface area contributed by atoms with Crippen molar-refractivity contribution in [1.82, 2.24) is 20.1 Å². The van der Waals surface area contributed by atoms with Crippen LogP contribution in [0.25, 0.3) is 0 Å². The molecule has 0 aliphatic rings. The molecule has 0 saturated carbocycles. The van der Waals surface area contributed by atoms with E-state index in [9.17, 15) is 0 Å². The van der Waals surface area contributed by atoms with E-state index in [1.54, 1.807) is 6.33 Å². The van der Waals surface area contributed by atoms with E-state index in [1.165, 1.54) is 5.56 Å². The number of benzene rings is 1. The molecule has 1 N–H and O–H groups in total. The molecule has 0 aliphatic heterocycles. The smallest absolute Gasteiger partial charge is 0.133 e. The van der Waals surface area contributed by atoms with Crippen LogP contribution in [0.2, 0.25) is 0 Å². The summed E-state index contributed by atoms with van der Waals surface area (Å²) < 4.78 is 7.42. The molecule has 0 amide bonds. The number of nitrogens with one attached hydrogen (secondary N) is 1. The summed E-state index contributed by atoms with van der Waals surface area (Å²) in [5, 5.41) is 11.3. The number of aryl methyl sites for hydroxylation is 1. The van der Waals surface area contributed by atoms with Gasteiger partial charge in [-0.05, 0) is 24.6 Å². The summed E-state index contributed by atoms with van der Waals surface area (Å²) in [5.41, 5.74) is 1.23. The number of aromatic nitrogens is 3. The Balaban J connectivity index is 1.76. The fourth-order valence-corrected chi connectivity index (χ4v) is 1.88. The number of nitrogens with zero attached hydrogens (tertiary/aromatic N) is 3. The van der Waals surface area contributed by atoms with Gasteiger partial charge in [-0.25, -0.2) is 0 Å². The van der Waals surface area contributed by atoms with Crippen molar-refractivity contribution in [2.24, 2.45) is 7.05 Å². The molecule has 5 heteroatoms. The number of ether oxygens (including phenoxy) is 1. The van der Waals surface area contributed by atoms with E-state index in [-0.39, 0.29) is 0 Å². The Bertz CT molecular complexity index is 510. The SMILES string of the molecule is CCOc1cccc(CNCCc2nncn2C)c1. The van der Waals surface area contributed by atoms with Crippen LogP contribution >= 0.6 is 0 Å². The standard InChI is InChI=1S/C14H20N4O/c1-3-19-13-6-4-5-12(9-13)10-15-8-7-14-17-16-11-18(14)2/h4-6,9,11,15H,3,7-8,10H2,1-2H3. The lowest BCUT2D eigenvalue weighted by Crippen LogP contribution is -2.18. The van der Waals surface area contributed by atoms with Crippen LogP contribution in [-0.2, 0) is 20.0 Å². The Morgan fingerprint density at radius 1 is 1.37 bits per heavy atom. The Kier molecular flexibility index (Phi) is 4.92. The summed E-state index contributed by atoms with van der Waals surface area (Å²) >= 11 is 0. The highest BCUT2D eigenvalue weighted by Crippen LogP contribution is 2.12. The molecule has 19 heavy (non-hydrogen) atoms. The molecule has 0 bridgehead atoms. The maximum Gasteiger partial charge on any atom is 0.133 e. The average molecular weight is 260 g/mol. The van der Waals surface area contributed by atoms with E-state index >= 15 is 0 Å². The first kappa shape index (κ1) is 13.5. The maximum atomic E-state index is 5.48. The fourth-order valence-electron chi connectivity index (χ4n) is 1.88. The molecule has 0 atom stereocenters. The third kappa shape index (κ3) is 4.06. The minimum absolute atomic E-state index is 0.697. The van der Waals surface area contributed by atoms with Crippen LogP contribution in [0.15, 0.2) is 30.6 Å². The average Bonchev–Trinajstić information content (AvgIpc) is 2.81. The van der Waals surface area contributed by atoms with Crippen molar-refractivity contribution in [3.8, 4) is 5.75 Å². The Hall–Kier alpha value is -1.88. The van der Waals surface area contributed by atoms with Gasteiger partial charge >= 0.3 is 0 Å². The van der Waals surface area contributed by atoms with Gasteiger partial charge in [0.1, 0.15) is 17.9 Å². The van der Waals surface area contributed by atoms with Gasteiger partial charge in [0.25, 0.3) is 0 Å². The van der Waals surface area contributed by atoms with Gasteiger partial charge in [0.05, 0.1) is 6.61 Å². The Morgan fingerprint density at radius 3 is 3.00 bits per heavy atom. The third-order valence-corrected chi connectivity index (χ3v) is 2.87. The van der Waals surface area contributed by atoms with Gasteiger partial charge in [-0.2, -0.15) is 0 Å². The normalized spacial score (nSPS) is 10.6. The van der Waals surface area contributed by atoms with Gasteiger partial charge in [0.15, 0.2) is 0 Å². The molecule has 0 unspecified atom stereocenters. The highest BCUT2D eigenvalue weighted by atomic mass is 16.5. The molecule has 0 radical (unpaired) electrons. The maximum absolute atomic E-state index is 5.48. The van der Waals surface area contributed by atoms with Crippen molar-refractivity contribution in [2.75, 3.05) is 13.2 Å². The predicted molar refractivity (Wildman–Crippen MR) is 74.0 cm³/mol. The van der Waals surface area contributed by atoms with Crippen LogP contribution in [0, 0.1) is 0 Å². The summed E-state index contributed by atoms with van der Waals surface area (Å²) in [5.74, 6) is 1.92. The minimum atomic E-state index is 0.697. The zero-order valence-corrected chi connectivity index (χ0v) is 11.5. The Morgan fingerprint density at radius 2 is 2.26 bits per heavy atom. The van der Waals surface area contributed by atoms with Gasteiger partial charge in [-0.1, -0.05) is 12.1 Å². The van der Waals surface area contributed by atoms with Gasteiger partial charge in [0, 0.05) is 26.6 Å². The lowest BCUT2D eigenvalue weighted by molar-refractivity contribution is 0.340. The fraction of sp³-hybridized carbons (Fsp3) is 0.429. The first-order chi connectivity index (χ1) is 9.29. The second-order valence-electron chi connectivity index (χ2n) is 4.37. The molecule has 0 spiro atoms. The summed E-state index contributed by atoms with van der Waals surface area (Å²) in [4.78, 5) is 0. The van der Waals surface area contributed by atoms with Crippen molar-refractivity contribution in [2.45, 2.75) is 19.9 Å². The number of hydrogen-bond acceptors (Lipinski definition) is 4. The van der Waals surface area contributed by atoms with Crippen molar-refractivity contribution >= 4 is 0 Å². The van der Waals surface area contributed by atoms with E-state index in [1.807, 2.05) is 30.7 Å². The highest BCUT2D eigenvalue weighted by Gasteiger charge is 2.00. The van der Waals surface area contributed by atoms with Crippen LogP contribution in [-0.4, -0.2) is 27.9 Å². The van der Waals surface area contributed by atoms with E-state index in [4.69, 9.17) is 4.74 Å². The highest BCUT2D eigenvalue weighted by molar-refractivity contribution is 5.28. The van der Waals surface area contributed by atoms with Crippen LogP contribution in [0.5, 0.6) is 5.75 Å². The predicted octanol–water partition coefficient (Wildman–Crippen LogP) is 1.55. The monoisotopic (exact) mass is 260 g/mol. The van der Waals surface area contributed by atoms with Crippen molar-refractivity contribution in [3.05, 3.63) is 42.0 Å². The molecule has 1 heterocycles. The molecular formula is C14H20N4O. The van der Waals surface area contributed by atoms with E-state index in [2.05, 4.69) is 27.6 Å². The Labute approximate surface area is 113 Å². The largest absolute Gasteiger partial charge is 0.494 e. The molecule has 1 aromatic heterocycles. The summed E-state index contributed by atoms with van der Waals surface area (Å²) in [7, 11) is 1.96. The zero-order valence-electron chi connectivity index (χ0n) is 11.5. The quantitative estimate of drug-likeness (QED) is 0.767. The van der Waals surface area contributed by atoms with Crippen molar-refractivity contribution in [3.63, 3.8) is 0 Å². The summed E-state index contributed by atoms with van der Waals surface area (Å²) in [6.07, 6.45) is 2.60. The molecule has 0 fully saturated rings. The van der Waals surface area contributed by atoms with Crippen LogP contribution < -0.4 is 10.1 Å². The number of hydrogen-bond donors (Lipinski definition) is 1. The lowest BCUT2D eigenvalue weighted by atomic mass is 10.2. The molecule has 2 rings (SSSR count). The van der Waals surface area contributed by atoms with Crippen LogP contribution in [0.1, 0.15) is 18.3 Å². The second-order valence-corrected chi connectivity index (χ2v) is 4.37. The molecule has 102 valence electrons. The van der Waals surface area contributed by atoms with Gasteiger partial charge in [-0.3, -0.25) is 0 Å². The van der Waals surface area contributed by atoms with Crippen LogP contribution in [0.4, 0.5) is 0 Å². The first-order valence-electron chi connectivity index (χ1n) is 6.55. The molecule has 2 aromatic rings. The second kappa shape index (κ2) is 6.89. The molecule has 5 nitrogen and oxygen atoms in total. The summed E-state index contributed by atoms with van der Waals surface area (Å²) in [6, 6.07) is 8.16. The van der Waals surface area contributed by atoms with E-state index in [0.717, 1.165) is 31.1 Å². The molecule has 0 aliphatic carbocycles. The van der Waals surface area contributed by atoms with Gasteiger partial charge in [0.2, 0.25) is 0 Å². The van der Waals surface area contributed by atoms with E-state index in [0.29, 0.717) is 6.61 Å². The van der Waals surface area contributed by atoms with Gasteiger partial charge < -0.3 is 14.6 Å². The minimum Gasteiger partial charge on any atom is -0.494 e. The molecule has 1 aromatic carbocycles.